The van der Waals surface area contributed by atoms with Crippen molar-refractivity contribution in [2.45, 2.75) is 32.0 Å². The van der Waals surface area contributed by atoms with E-state index in [1.807, 2.05) is 25.1 Å². The Balaban J connectivity index is 0.00000420. The fourth-order valence-electron chi connectivity index (χ4n) is 3.00. The van der Waals surface area contributed by atoms with Crippen LogP contribution in [0.5, 0.6) is 0 Å². The van der Waals surface area contributed by atoms with Crippen LogP contribution >= 0.6 is 24.0 Å². The molecule has 0 atom stereocenters. The molecule has 1 aromatic rings. The number of nitrogens with zero attached hydrogens (tertiary/aromatic N) is 4. The molecule has 0 aliphatic carbocycles. The van der Waals surface area contributed by atoms with Crippen molar-refractivity contribution >= 4 is 41.7 Å². The maximum Gasteiger partial charge on any atom is 0.406 e. The number of likely N-dealkylation sites (N-methyl/N-ethyl adjacent to an activating group) is 1. The first-order chi connectivity index (χ1) is 13.2. The van der Waals surface area contributed by atoms with Gasteiger partial charge in [0, 0.05) is 38.9 Å². The van der Waals surface area contributed by atoms with Gasteiger partial charge in [-0.1, -0.05) is 6.07 Å². The van der Waals surface area contributed by atoms with E-state index in [1.165, 1.54) is 0 Å². The molecule has 1 fully saturated rings. The van der Waals surface area contributed by atoms with Gasteiger partial charge in [-0.05, 0) is 31.9 Å². The van der Waals surface area contributed by atoms with E-state index < -0.39 is 18.6 Å². The van der Waals surface area contributed by atoms with E-state index >= 15 is 0 Å². The summed E-state index contributed by atoms with van der Waals surface area (Å²) in [5.74, 6) is 0.709. The largest absolute Gasteiger partial charge is 0.406 e. The fraction of sp³-hybridized carbons (Fsp3) is 0.611. The molecule has 0 aromatic carbocycles. The second kappa shape index (κ2) is 11.4. The van der Waals surface area contributed by atoms with Crippen molar-refractivity contribution in [3.63, 3.8) is 0 Å². The zero-order valence-corrected chi connectivity index (χ0v) is 19.1. The van der Waals surface area contributed by atoms with Gasteiger partial charge in [-0.3, -0.25) is 9.79 Å². The van der Waals surface area contributed by atoms with Crippen molar-refractivity contribution in [2.75, 3.05) is 45.2 Å². The zero-order valence-electron chi connectivity index (χ0n) is 16.8. The number of carbonyl (C=O) groups excluding carboxylic acids is 1. The second-order valence-electron chi connectivity index (χ2n) is 6.83. The number of amides is 1. The van der Waals surface area contributed by atoms with Crippen molar-refractivity contribution in [3.8, 4) is 0 Å². The fourth-order valence-corrected chi connectivity index (χ4v) is 3.00. The number of aromatic nitrogens is 1. The molecule has 1 amide bonds. The highest BCUT2D eigenvalue weighted by Crippen LogP contribution is 2.18. The molecular weight excluding hydrogens is 500 g/mol. The van der Waals surface area contributed by atoms with E-state index in [1.54, 1.807) is 7.05 Å². The standard InChI is InChI=1S/C18H27F3N6O.HI/c1-13-5-4-6-15(24-13)27-9-7-14(8-10-27)25-17(22-2)23-11-16(28)26(3)12-18(19,20)21;/h4-6,14H,7-12H2,1-3H3,(H2,22,23,25);1H. The summed E-state index contributed by atoms with van der Waals surface area (Å²) in [7, 11) is 2.69. The average Bonchev–Trinajstić information content (AvgIpc) is 2.64. The minimum atomic E-state index is -4.41. The van der Waals surface area contributed by atoms with Crippen LogP contribution in [0.1, 0.15) is 18.5 Å². The van der Waals surface area contributed by atoms with Crippen molar-refractivity contribution < 1.29 is 18.0 Å². The summed E-state index contributed by atoms with van der Waals surface area (Å²) >= 11 is 0. The maximum atomic E-state index is 12.4. The quantitative estimate of drug-likeness (QED) is 0.349. The minimum absolute atomic E-state index is 0. The van der Waals surface area contributed by atoms with Crippen LogP contribution < -0.4 is 15.5 Å². The third-order valence-corrected chi connectivity index (χ3v) is 4.51. The summed E-state index contributed by atoms with van der Waals surface area (Å²) in [4.78, 5) is 23.3. The van der Waals surface area contributed by atoms with E-state index in [0.717, 1.165) is 44.5 Å². The number of alkyl halides is 3. The molecule has 0 bridgehead atoms. The number of carbonyl (C=O) groups is 1. The van der Waals surface area contributed by atoms with Crippen LogP contribution in [0.15, 0.2) is 23.2 Å². The summed E-state index contributed by atoms with van der Waals surface area (Å²) < 4.78 is 37.1. The Hall–Kier alpha value is -1.79. The normalized spacial score (nSPS) is 15.5. The van der Waals surface area contributed by atoms with E-state index in [-0.39, 0.29) is 36.6 Å². The molecule has 1 aliphatic heterocycles. The number of nitrogens with one attached hydrogen (secondary N) is 2. The molecule has 29 heavy (non-hydrogen) atoms. The van der Waals surface area contributed by atoms with Crippen LogP contribution in [0.25, 0.3) is 0 Å². The minimum Gasteiger partial charge on any atom is -0.356 e. The Kier molecular flexibility index (Phi) is 9.93. The molecule has 164 valence electrons. The Labute approximate surface area is 186 Å². The topological polar surface area (TPSA) is 72.9 Å². The first kappa shape index (κ1) is 25.2. The summed E-state index contributed by atoms with van der Waals surface area (Å²) in [5.41, 5.74) is 0.975. The number of piperidine rings is 1. The van der Waals surface area contributed by atoms with E-state index in [4.69, 9.17) is 0 Å². The van der Waals surface area contributed by atoms with Crippen LogP contribution in [0.3, 0.4) is 0 Å². The van der Waals surface area contributed by atoms with Gasteiger partial charge in [0.15, 0.2) is 5.96 Å². The molecule has 1 saturated heterocycles. The van der Waals surface area contributed by atoms with E-state index in [2.05, 4.69) is 25.5 Å². The van der Waals surface area contributed by atoms with E-state index in [0.29, 0.717) is 10.9 Å². The van der Waals surface area contributed by atoms with E-state index in [9.17, 15) is 18.0 Å². The third kappa shape index (κ3) is 8.62. The number of hydrogen-bond acceptors (Lipinski definition) is 4. The van der Waals surface area contributed by atoms with Gasteiger partial charge < -0.3 is 20.4 Å². The Morgan fingerprint density at radius 2 is 2.00 bits per heavy atom. The first-order valence-electron chi connectivity index (χ1n) is 9.14. The molecule has 0 unspecified atom stereocenters. The molecule has 1 aromatic heterocycles. The first-order valence-corrected chi connectivity index (χ1v) is 9.14. The molecule has 2 heterocycles. The van der Waals surface area contributed by atoms with Crippen LogP contribution in [-0.4, -0.2) is 74.2 Å². The number of hydrogen-bond donors (Lipinski definition) is 2. The Morgan fingerprint density at radius 3 is 2.55 bits per heavy atom. The van der Waals surface area contributed by atoms with Crippen LogP contribution in [-0.2, 0) is 4.79 Å². The highest BCUT2D eigenvalue weighted by atomic mass is 127. The molecule has 0 saturated carbocycles. The summed E-state index contributed by atoms with van der Waals surface area (Å²) in [5, 5.41) is 6.02. The lowest BCUT2D eigenvalue weighted by molar-refractivity contribution is -0.157. The molecule has 11 heteroatoms. The zero-order chi connectivity index (χ0) is 20.7. The van der Waals surface area contributed by atoms with Gasteiger partial charge in [-0.15, -0.1) is 24.0 Å². The summed E-state index contributed by atoms with van der Waals surface area (Å²) in [6.45, 7) is 2.10. The molecular formula is C18H28F3IN6O. The second-order valence-corrected chi connectivity index (χ2v) is 6.83. The third-order valence-electron chi connectivity index (χ3n) is 4.51. The molecule has 7 nitrogen and oxygen atoms in total. The highest BCUT2D eigenvalue weighted by molar-refractivity contribution is 14.0. The molecule has 2 rings (SSSR count). The number of anilines is 1. The molecule has 0 radical (unpaired) electrons. The average molecular weight is 528 g/mol. The lowest BCUT2D eigenvalue weighted by atomic mass is 10.1. The monoisotopic (exact) mass is 528 g/mol. The number of rotatable bonds is 5. The molecule has 1 aliphatic rings. The lowest BCUT2D eigenvalue weighted by Crippen LogP contribution is -2.51. The van der Waals surface area contributed by atoms with Crippen LogP contribution in [0.4, 0.5) is 19.0 Å². The van der Waals surface area contributed by atoms with Gasteiger partial charge >= 0.3 is 6.18 Å². The Bertz CT molecular complexity index is 692. The Morgan fingerprint density at radius 1 is 1.34 bits per heavy atom. The van der Waals surface area contributed by atoms with Crippen molar-refractivity contribution in [2.24, 2.45) is 4.99 Å². The SMILES string of the molecule is CN=C(NCC(=O)N(C)CC(F)(F)F)NC1CCN(c2cccc(C)n2)CC1.I. The smallest absolute Gasteiger partial charge is 0.356 e. The predicted octanol–water partition coefficient (Wildman–Crippen LogP) is 2.16. The van der Waals surface area contributed by atoms with Gasteiger partial charge in [0.1, 0.15) is 12.4 Å². The highest BCUT2D eigenvalue weighted by Gasteiger charge is 2.31. The number of aryl methyl sites for hydroxylation is 1. The van der Waals surface area contributed by atoms with Crippen LogP contribution in [0, 0.1) is 6.92 Å². The predicted molar refractivity (Wildman–Crippen MR) is 118 cm³/mol. The number of guanidine groups is 1. The van der Waals surface area contributed by atoms with Crippen molar-refractivity contribution in [3.05, 3.63) is 23.9 Å². The van der Waals surface area contributed by atoms with Gasteiger partial charge in [0.2, 0.25) is 5.91 Å². The van der Waals surface area contributed by atoms with Gasteiger partial charge in [-0.25, -0.2) is 4.98 Å². The number of aliphatic imine (C=N–C) groups is 1. The van der Waals surface area contributed by atoms with Gasteiger partial charge in [0.25, 0.3) is 0 Å². The van der Waals surface area contributed by atoms with Gasteiger partial charge in [0.05, 0.1) is 6.54 Å². The van der Waals surface area contributed by atoms with Gasteiger partial charge in [-0.2, -0.15) is 13.2 Å². The molecule has 0 spiro atoms. The molecule has 2 N–H and O–H groups in total. The summed E-state index contributed by atoms with van der Waals surface area (Å²) in [6.07, 6.45) is -2.69. The number of halogens is 4. The maximum absolute atomic E-state index is 12.4. The summed E-state index contributed by atoms with van der Waals surface area (Å²) in [6, 6.07) is 6.10. The lowest BCUT2D eigenvalue weighted by Gasteiger charge is -2.34. The number of pyridine rings is 1. The van der Waals surface area contributed by atoms with Crippen molar-refractivity contribution in [1.29, 1.82) is 0 Å². The van der Waals surface area contributed by atoms with Crippen LogP contribution in [0.2, 0.25) is 0 Å². The van der Waals surface area contributed by atoms with Crippen molar-refractivity contribution in [1.82, 2.24) is 20.5 Å².